The highest BCUT2D eigenvalue weighted by Crippen LogP contribution is 2.43. The van der Waals surface area contributed by atoms with Crippen molar-refractivity contribution in [1.29, 1.82) is 0 Å². The third kappa shape index (κ3) is 3.94. The average molecular weight is 243 g/mol. The predicted molar refractivity (Wildman–Crippen MR) is 71.1 cm³/mol. The van der Waals surface area contributed by atoms with E-state index in [0.717, 1.165) is 26.1 Å². The van der Waals surface area contributed by atoms with E-state index in [0.29, 0.717) is 12.0 Å². The van der Waals surface area contributed by atoms with Crippen LogP contribution in [0.15, 0.2) is 0 Å². The topological polar surface area (TPSA) is 44.5 Å². The van der Waals surface area contributed by atoms with Crippen molar-refractivity contribution in [1.82, 2.24) is 0 Å². The molecular formula is C14H29NO2. The summed E-state index contributed by atoms with van der Waals surface area (Å²) in [4.78, 5) is 0. The van der Waals surface area contributed by atoms with Gasteiger partial charge in [0.25, 0.3) is 0 Å². The lowest BCUT2D eigenvalue weighted by atomic mass is 9.68. The third-order valence-corrected chi connectivity index (χ3v) is 4.06. The Morgan fingerprint density at radius 1 is 1.06 bits per heavy atom. The van der Waals surface area contributed by atoms with Crippen LogP contribution in [-0.4, -0.2) is 31.5 Å². The Morgan fingerprint density at radius 3 is 2.12 bits per heavy atom. The van der Waals surface area contributed by atoms with Gasteiger partial charge < -0.3 is 15.2 Å². The molecule has 0 amide bonds. The Balaban J connectivity index is 2.63. The Bertz CT molecular complexity index is 218. The maximum Gasteiger partial charge on any atom is 0.0855 e. The van der Waals surface area contributed by atoms with Gasteiger partial charge >= 0.3 is 0 Å². The van der Waals surface area contributed by atoms with Crippen LogP contribution >= 0.6 is 0 Å². The molecule has 2 N–H and O–H groups in total. The summed E-state index contributed by atoms with van der Waals surface area (Å²) < 4.78 is 11.5. The fourth-order valence-electron chi connectivity index (χ4n) is 2.66. The molecule has 1 unspecified atom stereocenters. The van der Waals surface area contributed by atoms with Crippen LogP contribution in [0.25, 0.3) is 0 Å². The van der Waals surface area contributed by atoms with E-state index in [9.17, 15) is 0 Å². The quantitative estimate of drug-likeness (QED) is 0.780. The maximum atomic E-state index is 6.29. The van der Waals surface area contributed by atoms with Gasteiger partial charge in [0.15, 0.2) is 0 Å². The van der Waals surface area contributed by atoms with Crippen LogP contribution in [0.3, 0.4) is 0 Å². The third-order valence-electron chi connectivity index (χ3n) is 4.06. The SMILES string of the molecule is CCOCC(N)C1(OCC)CCC(C)(C)CC1. The van der Waals surface area contributed by atoms with Gasteiger partial charge in [-0.3, -0.25) is 0 Å². The molecule has 3 heteroatoms. The first-order valence-electron chi connectivity index (χ1n) is 6.93. The lowest BCUT2D eigenvalue weighted by Gasteiger charge is -2.46. The number of hydrogen-bond acceptors (Lipinski definition) is 3. The molecule has 1 aliphatic carbocycles. The van der Waals surface area contributed by atoms with E-state index in [1.165, 1.54) is 12.8 Å². The van der Waals surface area contributed by atoms with Gasteiger partial charge in [0.1, 0.15) is 0 Å². The van der Waals surface area contributed by atoms with Gasteiger partial charge in [-0.2, -0.15) is 0 Å². The number of ether oxygens (including phenoxy) is 2. The first-order valence-corrected chi connectivity index (χ1v) is 6.93. The molecule has 1 saturated carbocycles. The highest BCUT2D eigenvalue weighted by Gasteiger charge is 2.43. The summed E-state index contributed by atoms with van der Waals surface area (Å²) in [6.45, 7) is 10.8. The zero-order valence-corrected chi connectivity index (χ0v) is 11.9. The van der Waals surface area contributed by atoms with E-state index >= 15 is 0 Å². The van der Waals surface area contributed by atoms with Crippen molar-refractivity contribution < 1.29 is 9.47 Å². The molecule has 3 nitrogen and oxygen atoms in total. The summed E-state index contributed by atoms with van der Waals surface area (Å²) >= 11 is 0. The van der Waals surface area contributed by atoms with Crippen molar-refractivity contribution in [2.45, 2.75) is 65.0 Å². The molecule has 0 radical (unpaired) electrons. The zero-order valence-electron chi connectivity index (χ0n) is 11.9. The minimum atomic E-state index is -0.153. The summed E-state index contributed by atoms with van der Waals surface area (Å²) in [5.74, 6) is 0. The largest absolute Gasteiger partial charge is 0.380 e. The highest BCUT2D eigenvalue weighted by atomic mass is 16.5. The van der Waals surface area contributed by atoms with E-state index in [1.807, 2.05) is 6.92 Å². The summed E-state index contributed by atoms with van der Waals surface area (Å²) in [5, 5.41) is 0. The van der Waals surface area contributed by atoms with Gasteiger partial charge in [-0.05, 0) is 44.9 Å². The van der Waals surface area contributed by atoms with Crippen LogP contribution in [0.4, 0.5) is 0 Å². The van der Waals surface area contributed by atoms with Crippen molar-refractivity contribution in [3.05, 3.63) is 0 Å². The molecule has 0 spiro atoms. The average Bonchev–Trinajstić information content (AvgIpc) is 2.29. The molecule has 0 aliphatic heterocycles. The minimum absolute atomic E-state index is 0.00139. The van der Waals surface area contributed by atoms with Gasteiger partial charge in [0, 0.05) is 13.2 Å². The van der Waals surface area contributed by atoms with Gasteiger partial charge in [-0.15, -0.1) is 0 Å². The minimum Gasteiger partial charge on any atom is -0.380 e. The first kappa shape index (κ1) is 14.9. The first-order chi connectivity index (χ1) is 7.96. The predicted octanol–water partition coefficient (Wildman–Crippen LogP) is 2.73. The van der Waals surface area contributed by atoms with E-state index < -0.39 is 0 Å². The molecule has 0 aromatic heterocycles. The van der Waals surface area contributed by atoms with Gasteiger partial charge in [0.05, 0.1) is 18.2 Å². The summed E-state index contributed by atoms with van der Waals surface area (Å²) in [6.07, 6.45) is 4.49. The molecule has 1 rings (SSSR count). The van der Waals surface area contributed by atoms with Crippen molar-refractivity contribution >= 4 is 0 Å². The molecule has 1 fully saturated rings. The van der Waals surface area contributed by atoms with E-state index in [1.54, 1.807) is 0 Å². The molecule has 0 saturated heterocycles. The van der Waals surface area contributed by atoms with Gasteiger partial charge in [-0.1, -0.05) is 13.8 Å². The normalized spacial score (nSPS) is 24.5. The summed E-state index contributed by atoms with van der Waals surface area (Å²) in [7, 11) is 0. The van der Waals surface area contributed by atoms with Crippen LogP contribution < -0.4 is 5.73 Å². The summed E-state index contributed by atoms with van der Waals surface area (Å²) in [6, 6.07) is -0.00139. The fourth-order valence-corrected chi connectivity index (χ4v) is 2.66. The monoisotopic (exact) mass is 243 g/mol. The van der Waals surface area contributed by atoms with Crippen LogP contribution in [0.5, 0.6) is 0 Å². The van der Waals surface area contributed by atoms with Crippen molar-refractivity contribution in [3.8, 4) is 0 Å². The molecule has 17 heavy (non-hydrogen) atoms. The fraction of sp³-hybridized carbons (Fsp3) is 1.00. The lowest BCUT2D eigenvalue weighted by Crippen LogP contribution is -2.55. The Hall–Kier alpha value is -0.120. The standard InChI is InChI=1S/C14H29NO2/c1-5-16-11-12(15)14(17-6-2)9-7-13(3,4)8-10-14/h12H,5-11,15H2,1-4H3. The Morgan fingerprint density at radius 2 is 1.65 bits per heavy atom. The second-order valence-corrected chi connectivity index (χ2v) is 5.93. The number of nitrogens with two attached hydrogens (primary N) is 1. The molecular weight excluding hydrogens is 214 g/mol. The van der Waals surface area contributed by atoms with Gasteiger partial charge in [0.2, 0.25) is 0 Å². The molecule has 0 bridgehead atoms. The molecule has 0 aromatic rings. The second-order valence-electron chi connectivity index (χ2n) is 5.93. The molecule has 0 heterocycles. The van der Waals surface area contributed by atoms with Crippen LogP contribution in [0.2, 0.25) is 0 Å². The smallest absolute Gasteiger partial charge is 0.0855 e. The second kappa shape index (κ2) is 6.17. The zero-order chi connectivity index (χ0) is 12.9. The Kier molecular flexibility index (Phi) is 5.42. The van der Waals surface area contributed by atoms with Crippen molar-refractivity contribution in [2.75, 3.05) is 19.8 Å². The number of rotatable bonds is 6. The van der Waals surface area contributed by atoms with E-state index in [4.69, 9.17) is 15.2 Å². The lowest BCUT2D eigenvalue weighted by molar-refractivity contribution is -0.111. The molecule has 1 atom stereocenters. The maximum absolute atomic E-state index is 6.29. The van der Waals surface area contributed by atoms with Crippen molar-refractivity contribution in [3.63, 3.8) is 0 Å². The molecule has 102 valence electrons. The van der Waals surface area contributed by atoms with Crippen LogP contribution in [0.1, 0.15) is 53.4 Å². The van der Waals surface area contributed by atoms with Crippen LogP contribution in [-0.2, 0) is 9.47 Å². The highest BCUT2D eigenvalue weighted by molar-refractivity contribution is 4.97. The van der Waals surface area contributed by atoms with E-state index in [2.05, 4.69) is 20.8 Å². The van der Waals surface area contributed by atoms with E-state index in [-0.39, 0.29) is 11.6 Å². The van der Waals surface area contributed by atoms with Crippen molar-refractivity contribution in [2.24, 2.45) is 11.1 Å². The van der Waals surface area contributed by atoms with Gasteiger partial charge in [-0.25, -0.2) is 0 Å². The molecule has 1 aliphatic rings. The van der Waals surface area contributed by atoms with Crippen LogP contribution in [0, 0.1) is 5.41 Å². The summed E-state index contributed by atoms with van der Waals surface area (Å²) in [5.41, 5.74) is 6.58. The Labute approximate surface area is 106 Å². The molecule has 0 aromatic carbocycles. The number of hydrogen-bond donors (Lipinski definition) is 1.